The smallest absolute Gasteiger partial charge is 0.312 e. The molecule has 0 spiro atoms. The molecule has 3 aromatic carbocycles. The Hall–Kier alpha value is -3.14. The number of hydrogen-bond donors (Lipinski definition) is 0. The summed E-state index contributed by atoms with van der Waals surface area (Å²) in [5.74, 6) is 0.148. The SMILES string of the molecule is COc1ccc(C(=O)C2CC(=O)Oc3ccc4ccccc4c32)cc1. The average molecular weight is 332 g/mol. The van der Waals surface area contributed by atoms with Crippen LogP contribution in [0.2, 0.25) is 0 Å². The molecule has 1 atom stereocenters. The number of methoxy groups -OCH3 is 1. The van der Waals surface area contributed by atoms with Crippen LogP contribution in [0, 0.1) is 0 Å². The van der Waals surface area contributed by atoms with Gasteiger partial charge in [0.2, 0.25) is 0 Å². The predicted octanol–water partition coefficient (Wildman–Crippen LogP) is 4.12. The Balaban J connectivity index is 1.84. The first-order chi connectivity index (χ1) is 12.2. The second kappa shape index (κ2) is 6.06. The van der Waals surface area contributed by atoms with Crippen LogP contribution in [-0.4, -0.2) is 18.9 Å². The van der Waals surface area contributed by atoms with Gasteiger partial charge in [-0.15, -0.1) is 0 Å². The molecule has 0 bridgehead atoms. The molecule has 124 valence electrons. The fourth-order valence-corrected chi connectivity index (χ4v) is 3.34. The minimum Gasteiger partial charge on any atom is -0.497 e. The summed E-state index contributed by atoms with van der Waals surface area (Å²) >= 11 is 0. The molecule has 0 aliphatic carbocycles. The highest BCUT2D eigenvalue weighted by Gasteiger charge is 2.34. The van der Waals surface area contributed by atoms with Gasteiger partial charge in [0.1, 0.15) is 11.5 Å². The lowest BCUT2D eigenvalue weighted by Crippen LogP contribution is -2.25. The third-order valence-corrected chi connectivity index (χ3v) is 4.56. The van der Waals surface area contributed by atoms with Gasteiger partial charge in [0.15, 0.2) is 5.78 Å². The number of carbonyl (C=O) groups excluding carboxylic acids is 2. The maximum atomic E-state index is 13.1. The summed E-state index contributed by atoms with van der Waals surface area (Å²) in [6.07, 6.45) is 0.0475. The standard InChI is InChI=1S/C21H16O4/c1-24-15-9-6-14(7-10-15)21(23)17-12-19(22)25-18-11-8-13-4-2-3-5-16(13)20(17)18/h2-11,17H,12H2,1H3. The lowest BCUT2D eigenvalue weighted by molar-refractivity contribution is -0.135. The number of rotatable bonds is 3. The molecular formula is C21H16O4. The molecule has 0 saturated heterocycles. The Morgan fingerprint density at radius 1 is 1.04 bits per heavy atom. The van der Waals surface area contributed by atoms with Crippen LogP contribution in [0.15, 0.2) is 60.7 Å². The van der Waals surface area contributed by atoms with Gasteiger partial charge in [-0.1, -0.05) is 30.3 Å². The molecule has 1 heterocycles. The van der Waals surface area contributed by atoms with Gasteiger partial charge in [0.05, 0.1) is 19.4 Å². The molecule has 4 heteroatoms. The van der Waals surface area contributed by atoms with Crippen molar-refractivity contribution in [1.82, 2.24) is 0 Å². The van der Waals surface area contributed by atoms with Crippen molar-refractivity contribution in [3.63, 3.8) is 0 Å². The van der Waals surface area contributed by atoms with Crippen molar-refractivity contribution in [2.75, 3.05) is 7.11 Å². The first-order valence-electron chi connectivity index (χ1n) is 8.08. The van der Waals surface area contributed by atoms with E-state index in [1.807, 2.05) is 30.3 Å². The molecular weight excluding hydrogens is 316 g/mol. The monoisotopic (exact) mass is 332 g/mol. The number of Topliss-reactive ketones (excluding diaryl/α,β-unsaturated/α-hetero) is 1. The van der Waals surface area contributed by atoms with Crippen molar-refractivity contribution >= 4 is 22.5 Å². The maximum absolute atomic E-state index is 13.1. The lowest BCUT2D eigenvalue weighted by Gasteiger charge is -2.25. The topological polar surface area (TPSA) is 52.6 Å². The van der Waals surface area contributed by atoms with Crippen LogP contribution in [0.5, 0.6) is 11.5 Å². The van der Waals surface area contributed by atoms with Crippen molar-refractivity contribution in [2.24, 2.45) is 0 Å². The van der Waals surface area contributed by atoms with Gasteiger partial charge < -0.3 is 9.47 Å². The van der Waals surface area contributed by atoms with Crippen LogP contribution in [0.4, 0.5) is 0 Å². The molecule has 0 fully saturated rings. The highest BCUT2D eigenvalue weighted by atomic mass is 16.5. The summed E-state index contributed by atoms with van der Waals surface area (Å²) < 4.78 is 10.5. The fourth-order valence-electron chi connectivity index (χ4n) is 3.34. The molecule has 1 aliphatic heterocycles. The summed E-state index contributed by atoms with van der Waals surface area (Å²) in [6.45, 7) is 0. The minimum absolute atomic E-state index is 0.0475. The third kappa shape index (κ3) is 2.66. The first kappa shape index (κ1) is 15.4. The zero-order chi connectivity index (χ0) is 17.4. The zero-order valence-corrected chi connectivity index (χ0v) is 13.7. The van der Waals surface area contributed by atoms with Gasteiger partial charge in [0.25, 0.3) is 0 Å². The number of hydrogen-bond acceptors (Lipinski definition) is 4. The minimum atomic E-state index is -0.546. The summed E-state index contributed by atoms with van der Waals surface area (Å²) in [4.78, 5) is 25.1. The van der Waals surface area contributed by atoms with Gasteiger partial charge in [-0.3, -0.25) is 9.59 Å². The Kier molecular flexibility index (Phi) is 3.73. The quantitative estimate of drug-likeness (QED) is 0.411. The van der Waals surface area contributed by atoms with Crippen molar-refractivity contribution in [3.05, 3.63) is 71.8 Å². The first-order valence-corrected chi connectivity index (χ1v) is 8.08. The van der Waals surface area contributed by atoms with E-state index in [2.05, 4.69) is 0 Å². The number of fused-ring (bicyclic) bond motifs is 3. The van der Waals surface area contributed by atoms with Crippen molar-refractivity contribution in [3.8, 4) is 11.5 Å². The fraction of sp³-hybridized carbons (Fsp3) is 0.143. The summed E-state index contributed by atoms with van der Waals surface area (Å²) in [5.41, 5.74) is 1.35. The van der Waals surface area contributed by atoms with Crippen LogP contribution in [0.25, 0.3) is 10.8 Å². The van der Waals surface area contributed by atoms with E-state index >= 15 is 0 Å². The molecule has 4 nitrogen and oxygen atoms in total. The zero-order valence-electron chi connectivity index (χ0n) is 13.7. The number of carbonyl (C=O) groups is 2. The van der Waals surface area contributed by atoms with E-state index in [-0.39, 0.29) is 18.2 Å². The molecule has 0 N–H and O–H groups in total. The second-order valence-corrected chi connectivity index (χ2v) is 6.02. The van der Waals surface area contributed by atoms with Gasteiger partial charge in [-0.05, 0) is 41.1 Å². The molecule has 0 aromatic heterocycles. The molecule has 0 saturated carbocycles. The normalized spacial score (nSPS) is 16.2. The average Bonchev–Trinajstić information content (AvgIpc) is 2.66. The van der Waals surface area contributed by atoms with Crippen molar-refractivity contribution in [1.29, 1.82) is 0 Å². The molecule has 0 radical (unpaired) electrons. The van der Waals surface area contributed by atoms with E-state index in [1.165, 1.54) is 0 Å². The predicted molar refractivity (Wildman–Crippen MR) is 94.3 cm³/mol. The highest BCUT2D eigenvalue weighted by molar-refractivity contribution is 6.07. The lowest BCUT2D eigenvalue weighted by atomic mass is 9.83. The van der Waals surface area contributed by atoms with E-state index in [4.69, 9.17) is 9.47 Å². The molecule has 1 unspecified atom stereocenters. The third-order valence-electron chi connectivity index (χ3n) is 4.56. The number of esters is 1. The largest absolute Gasteiger partial charge is 0.497 e. The van der Waals surface area contributed by atoms with Crippen LogP contribution < -0.4 is 9.47 Å². The molecule has 1 aliphatic rings. The number of ketones is 1. The van der Waals surface area contributed by atoms with Gasteiger partial charge in [0, 0.05) is 11.1 Å². The van der Waals surface area contributed by atoms with Crippen LogP contribution in [0.1, 0.15) is 28.3 Å². The van der Waals surface area contributed by atoms with Crippen molar-refractivity contribution < 1.29 is 19.1 Å². The maximum Gasteiger partial charge on any atom is 0.312 e. The Morgan fingerprint density at radius 3 is 2.56 bits per heavy atom. The van der Waals surface area contributed by atoms with Gasteiger partial charge in [-0.2, -0.15) is 0 Å². The summed E-state index contributed by atoms with van der Waals surface area (Å²) in [6, 6.07) is 18.4. The molecule has 0 amide bonds. The Labute approximate surface area is 145 Å². The number of ether oxygens (including phenoxy) is 2. The van der Waals surface area contributed by atoms with Crippen LogP contribution >= 0.6 is 0 Å². The number of benzene rings is 3. The van der Waals surface area contributed by atoms with Crippen molar-refractivity contribution in [2.45, 2.75) is 12.3 Å². The molecule has 4 rings (SSSR count). The van der Waals surface area contributed by atoms with E-state index in [0.717, 1.165) is 16.3 Å². The Morgan fingerprint density at radius 2 is 1.80 bits per heavy atom. The van der Waals surface area contributed by atoms with E-state index in [9.17, 15) is 9.59 Å². The van der Waals surface area contributed by atoms with Gasteiger partial charge in [-0.25, -0.2) is 0 Å². The van der Waals surface area contributed by atoms with E-state index in [0.29, 0.717) is 17.1 Å². The summed E-state index contributed by atoms with van der Waals surface area (Å²) in [7, 11) is 1.58. The molecule has 25 heavy (non-hydrogen) atoms. The molecule has 3 aromatic rings. The van der Waals surface area contributed by atoms with E-state index in [1.54, 1.807) is 37.4 Å². The Bertz CT molecular complexity index is 973. The second-order valence-electron chi connectivity index (χ2n) is 6.02. The van der Waals surface area contributed by atoms with Crippen LogP contribution in [0.3, 0.4) is 0 Å². The highest BCUT2D eigenvalue weighted by Crippen LogP contribution is 2.41. The van der Waals surface area contributed by atoms with Gasteiger partial charge >= 0.3 is 5.97 Å². The van der Waals surface area contributed by atoms with Crippen LogP contribution in [-0.2, 0) is 4.79 Å². The summed E-state index contributed by atoms with van der Waals surface area (Å²) in [5, 5.41) is 1.96. The van der Waals surface area contributed by atoms with E-state index < -0.39 is 5.92 Å².